The van der Waals surface area contributed by atoms with Crippen molar-refractivity contribution in [2.75, 3.05) is 26.2 Å². The lowest BCUT2D eigenvalue weighted by atomic mass is 9.98. The van der Waals surface area contributed by atoms with E-state index in [1.165, 1.54) is 6.26 Å². The molecule has 2 heterocycles. The van der Waals surface area contributed by atoms with Crippen LogP contribution in [0.15, 0.2) is 83.5 Å². The molecule has 4 rings (SSSR count). The second-order valence-electron chi connectivity index (χ2n) is 7.74. The van der Waals surface area contributed by atoms with Crippen molar-refractivity contribution >= 4 is 11.8 Å². The molecule has 1 aliphatic rings. The van der Waals surface area contributed by atoms with Crippen LogP contribution in [0, 0.1) is 0 Å². The van der Waals surface area contributed by atoms with Crippen molar-refractivity contribution in [2.45, 2.75) is 19.0 Å². The van der Waals surface area contributed by atoms with Crippen molar-refractivity contribution in [2.24, 2.45) is 0 Å². The summed E-state index contributed by atoms with van der Waals surface area (Å²) in [4.78, 5) is 29.5. The number of benzene rings is 2. The maximum Gasteiger partial charge on any atom is 0.289 e. The van der Waals surface area contributed by atoms with Crippen LogP contribution in [0.5, 0.6) is 0 Å². The molecule has 6 heteroatoms. The molecule has 31 heavy (non-hydrogen) atoms. The van der Waals surface area contributed by atoms with Crippen molar-refractivity contribution in [3.05, 3.63) is 95.9 Å². The van der Waals surface area contributed by atoms with Crippen molar-refractivity contribution < 1.29 is 14.0 Å². The Hall–Kier alpha value is -3.38. The van der Waals surface area contributed by atoms with Gasteiger partial charge in [-0.3, -0.25) is 14.5 Å². The van der Waals surface area contributed by atoms with Crippen LogP contribution in [0.1, 0.15) is 34.6 Å². The third-order valence-corrected chi connectivity index (χ3v) is 5.81. The summed E-state index contributed by atoms with van der Waals surface area (Å²) in [5, 5.41) is 3.23. The largest absolute Gasteiger partial charge is 0.459 e. The minimum absolute atomic E-state index is 0.0245. The van der Waals surface area contributed by atoms with Gasteiger partial charge in [0.2, 0.25) is 5.91 Å². The Bertz CT molecular complexity index is 942. The first-order valence-corrected chi connectivity index (χ1v) is 10.6. The van der Waals surface area contributed by atoms with Crippen LogP contribution in [0.2, 0.25) is 0 Å². The van der Waals surface area contributed by atoms with Crippen LogP contribution in [0.4, 0.5) is 0 Å². The summed E-state index contributed by atoms with van der Waals surface area (Å²) in [7, 11) is 0. The monoisotopic (exact) mass is 417 g/mol. The average Bonchev–Trinajstić information content (AvgIpc) is 3.38. The molecule has 1 atom stereocenters. The third-order valence-electron chi connectivity index (χ3n) is 5.81. The van der Waals surface area contributed by atoms with E-state index in [4.69, 9.17) is 4.42 Å². The maximum atomic E-state index is 13.2. The van der Waals surface area contributed by atoms with Crippen molar-refractivity contribution in [1.82, 2.24) is 15.1 Å². The molecule has 0 saturated carbocycles. The smallest absolute Gasteiger partial charge is 0.289 e. The van der Waals surface area contributed by atoms with Gasteiger partial charge >= 0.3 is 0 Å². The fourth-order valence-electron chi connectivity index (χ4n) is 3.95. The predicted molar refractivity (Wildman–Crippen MR) is 119 cm³/mol. The van der Waals surface area contributed by atoms with Crippen molar-refractivity contribution in [3.63, 3.8) is 0 Å². The second-order valence-corrected chi connectivity index (χ2v) is 7.74. The summed E-state index contributed by atoms with van der Waals surface area (Å²) in [6.07, 6.45) is 1.51. The van der Waals surface area contributed by atoms with E-state index in [0.717, 1.165) is 11.1 Å². The minimum Gasteiger partial charge on any atom is -0.459 e. The molecule has 1 unspecified atom stereocenters. The number of carbonyl (C=O) groups is 2. The highest BCUT2D eigenvalue weighted by molar-refractivity contribution is 5.91. The summed E-state index contributed by atoms with van der Waals surface area (Å²) in [5.74, 6) is 0.228. The summed E-state index contributed by atoms with van der Waals surface area (Å²) in [6, 6.07) is 22.9. The molecule has 2 aromatic carbocycles. The van der Waals surface area contributed by atoms with Gasteiger partial charge in [0.15, 0.2) is 5.76 Å². The zero-order valence-electron chi connectivity index (χ0n) is 17.6. The zero-order chi connectivity index (χ0) is 21.6. The van der Waals surface area contributed by atoms with Crippen LogP contribution in [0.25, 0.3) is 0 Å². The van der Waals surface area contributed by atoms with Crippen LogP contribution in [-0.4, -0.2) is 53.8 Å². The van der Waals surface area contributed by atoms with Gasteiger partial charge in [0.25, 0.3) is 5.91 Å². The number of piperazine rings is 1. The summed E-state index contributed by atoms with van der Waals surface area (Å²) >= 11 is 0. The molecular formula is C25H27N3O3. The van der Waals surface area contributed by atoms with Gasteiger partial charge in [-0.2, -0.15) is 0 Å². The lowest BCUT2D eigenvalue weighted by Crippen LogP contribution is -2.55. The van der Waals surface area contributed by atoms with E-state index in [1.807, 2.05) is 67.6 Å². The number of hydrogen-bond donors (Lipinski definition) is 1. The quantitative estimate of drug-likeness (QED) is 0.668. The van der Waals surface area contributed by atoms with Crippen molar-refractivity contribution in [1.29, 1.82) is 0 Å². The van der Waals surface area contributed by atoms with Gasteiger partial charge < -0.3 is 14.6 Å². The third kappa shape index (κ3) is 4.86. The molecule has 2 amide bonds. The first-order chi connectivity index (χ1) is 15.1. The van der Waals surface area contributed by atoms with Crippen LogP contribution < -0.4 is 5.32 Å². The van der Waals surface area contributed by atoms with Gasteiger partial charge in [-0.15, -0.1) is 0 Å². The molecule has 0 spiro atoms. The van der Waals surface area contributed by atoms with E-state index < -0.39 is 0 Å². The van der Waals surface area contributed by atoms with Gasteiger partial charge in [0.1, 0.15) is 0 Å². The number of amides is 2. The summed E-state index contributed by atoms with van der Waals surface area (Å²) in [6.45, 7) is 4.34. The molecule has 160 valence electrons. The normalized spacial score (nSPS) is 15.6. The first kappa shape index (κ1) is 20.9. The number of rotatable bonds is 6. The first-order valence-electron chi connectivity index (χ1n) is 10.6. The maximum absolute atomic E-state index is 13.2. The molecule has 0 aliphatic carbocycles. The fourth-order valence-corrected chi connectivity index (χ4v) is 3.95. The van der Waals surface area contributed by atoms with Crippen LogP contribution >= 0.6 is 0 Å². The number of hydrogen-bond acceptors (Lipinski definition) is 4. The molecule has 6 nitrogen and oxygen atoms in total. The van der Waals surface area contributed by atoms with E-state index in [1.54, 1.807) is 17.0 Å². The van der Waals surface area contributed by atoms with E-state index >= 15 is 0 Å². The van der Waals surface area contributed by atoms with E-state index in [0.29, 0.717) is 31.9 Å². The Labute approximate surface area is 182 Å². The van der Waals surface area contributed by atoms with Gasteiger partial charge in [0.05, 0.1) is 18.3 Å². The molecule has 0 radical (unpaired) electrons. The number of nitrogens with zero attached hydrogens (tertiary/aromatic N) is 2. The van der Waals surface area contributed by atoms with Crippen LogP contribution in [0.3, 0.4) is 0 Å². The molecule has 0 bridgehead atoms. The minimum atomic E-state index is -0.296. The molecule has 1 saturated heterocycles. The predicted octanol–water partition coefficient (Wildman–Crippen LogP) is 3.33. The Morgan fingerprint density at radius 3 is 1.94 bits per heavy atom. The topological polar surface area (TPSA) is 65.8 Å². The number of furan rings is 1. The molecule has 3 aromatic rings. The standard InChI is InChI=1S/C25H27N3O3/c1-19(27-14-16-28(17-15-27)25(30)22-13-8-18-31-22)24(29)26-23(20-9-4-2-5-10-20)21-11-6-3-7-12-21/h2-13,18-19,23H,14-17H2,1H3,(H,26,29). The highest BCUT2D eigenvalue weighted by Gasteiger charge is 2.30. The SMILES string of the molecule is CC(C(=O)NC(c1ccccc1)c1ccccc1)N1CCN(C(=O)c2ccco2)CC1. The fraction of sp³-hybridized carbons (Fsp3) is 0.280. The Kier molecular flexibility index (Phi) is 6.48. The van der Waals surface area contributed by atoms with Gasteiger partial charge in [-0.05, 0) is 30.2 Å². The molecule has 1 fully saturated rings. The molecule has 1 N–H and O–H groups in total. The Balaban J connectivity index is 1.40. The van der Waals surface area contributed by atoms with Crippen molar-refractivity contribution in [3.8, 4) is 0 Å². The van der Waals surface area contributed by atoms with E-state index in [-0.39, 0.29) is 23.9 Å². The number of nitrogens with one attached hydrogen (secondary N) is 1. The highest BCUT2D eigenvalue weighted by Crippen LogP contribution is 2.22. The average molecular weight is 418 g/mol. The van der Waals surface area contributed by atoms with E-state index in [2.05, 4.69) is 10.2 Å². The zero-order valence-corrected chi connectivity index (χ0v) is 17.6. The van der Waals surface area contributed by atoms with E-state index in [9.17, 15) is 9.59 Å². The van der Waals surface area contributed by atoms with Gasteiger partial charge in [-0.1, -0.05) is 60.7 Å². The second kappa shape index (κ2) is 9.62. The summed E-state index contributed by atoms with van der Waals surface area (Å²) in [5.41, 5.74) is 2.09. The molecular weight excluding hydrogens is 390 g/mol. The molecule has 1 aliphatic heterocycles. The van der Waals surface area contributed by atoms with Gasteiger partial charge in [-0.25, -0.2) is 0 Å². The van der Waals surface area contributed by atoms with Gasteiger partial charge in [0, 0.05) is 26.2 Å². The lowest BCUT2D eigenvalue weighted by Gasteiger charge is -2.37. The Morgan fingerprint density at radius 2 is 1.42 bits per heavy atom. The number of carbonyl (C=O) groups excluding carboxylic acids is 2. The summed E-state index contributed by atoms with van der Waals surface area (Å²) < 4.78 is 5.22. The Morgan fingerprint density at radius 1 is 0.839 bits per heavy atom. The molecule has 1 aromatic heterocycles. The lowest BCUT2D eigenvalue weighted by molar-refractivity contribution is -0.127. The van der Waals surface area contributed by atoms with Crippen LogP contribution in [-0.2, 0) is 4.79 Å². The highest BCUT2D eigenvalue weighted by atomic mass is 16.3.